The minimum absolute atomic E-state index is 0.0757. The Labute approximate surface area is 177 Å². The van der Waals surface area contributed by atoms with Gasteiger partial charge in [-0.3, -0.25) is 0 Å². The summed E-state index contributed by atoms with van der Waals surface area (Å²) in [6.45, 7) is 3.06. The Morgan fingerprint density at radius 2 is 2.27 bits per heavy atom. The van der Waals surface area contributed by atoms with Crippen LogP contribution < -0.4 is 10.1 Å². The molecule has 0 saturated heterocycles. The Morgan fingerprint density at radius 3 is 3.10 bits per heavy atom. The van der Waals surface area contributed by atoms with E-state index >= 15 is 0 Å². The Morgan fingerprint density at radius 1 is 1.40 bits per heavy atom. The summed E-state index contributed by atoms with van der Waals surface area (Å²) in [6.07, 6.45) is 6.50. The Bertz CT molecular complexity index is 1100. The van der Waals surface area contributed by atoms with Gasteiger partial charge in [-0.05, 0) is 66.2 Å². The number of ether oxygens (including phenoxy) is 2. The van der Waals surface area contributed by atoms with Crippen molar-refractivity contribution in [1.29, 1.82) is 0 Å². The second-order valence-corrected chi connectivity index (χ2v) is 9.32. The standard InChI is InChI=1S/C21H25N4O4S/c1-12-10-29-20-17(9-22-25(12)20)30(27)24-21(26)23-19-16-5-3-4-13(16)8-14-6-7-15(11-28-2)18(14)19/h8-9,12,15H,3-7,10-11H2,1-2H3,(H,23,26)/q-1/t12-,15+/m0/s1. The van der Waals surface area contributed by atoms with Crippen LogP contribution in [-0.4, -0.2) is 36.1 Å². The number of urea groups is 1. The quantitative estimate of drug-likeness (QED) is 0.747. The van der Waals surface area contributed by atoms with Gasteiger partial charge in [-0.15, -0.1) is 10.6 Å². The molecule has 8 nitrogen and oxygen atoms in total. The highest BCUT2D eigenvalue weighted by atomic mass is 32.2. The molecule has 0 bridgehead atoms. The predicted molar refractivity (Wildman–Crippen MR) is 112 cm³/mol. The summed E-state index contributed by atoms with van der Waals surface area (Å²) >= 11 is 0. The normalized spacial score (nSPS) is 22.5. The predicted octanol–water partition coefficient (Wildman–Crippen LogP) is 3.74. The summed E-state index contributed by atoms with van der Waals surface area (Å²) < 4.78 is 29.3. The summed E-state index contributed by atoms with van der Waals surface area (Å²) in [5.41, 5.74) is 5.80. The van der Waals surface area contributed by atoms with Crippen molar-refractivity contribution in [3.63, 3.8) is 0 Å². The van der Waals surface area contributed by atoms with Crippen LogP contribution in [0, 0.1) is 0 Å². The fourth-order valence-electron chi connectivity index (χ4n) is 4.91. The zero-order valence-electron chi connectivity index (χ0n) is 17.1. The first-order valence-corrected chi connectivity index (χ1v) is 11.5. The van der Waals surface area contributed by atoms with Crippen LogP contribution in [0.15, 0.2) is 21.5 Å². The highest BCUT2D eigenvalue weighted by Crippen LogP contribution is 2.44. The van der Waals surface area contributed by atoms with Gasteiger partial charge < -0.3 is 23.4 Å². The number of fused-ring (bicyclic) bond motifs is 3. The van der Waals surface area contributed by atoms with Crippen LogP contribution in [-0.2, 0) is 38.8 Å². The lowest BCUT2D eigenvalue weighted by atomic mass is 9.94. The molecule has 0 spiro atoms. The molecule has 9 heteroatoms. The van der Waals surface area contributed by atoms with Gasteiger partial charge in [0.15, 0.2) is 5.88 Å². The number of methoxy groups -OCH3 is 1. The lowest BCUT2D eigenvalue weighted by Crippen LogP contribution is -2.14. The summed E-state index contributed by atoms with van der Waals surface area (Å²) in [5, 5.41) is 7.19. The third kappa shape index (κ3) is 3.20. The van der Waals surface area contributed by atoms with E-state index in [2.05, 4.69) is 20.8 Å². The van der Waals surface area contributed by atoms with E-state index in [9.17, 15) is 9.00 Å². The molecule has 0 saturated carbocycles. The molecule has 1 aromatic carbocycles. The van der Waals surface area contributed by atoms with Crippen molar-refractivity contribution < 1.29 is 18.5 Å². The number of carbonyl (C=O) groups is 1. The third-order valence-corrected chi connectivity index (χ3v) is 7.24. The number of rotatable bonds is 4. The van der Waals surface area contributed by atoms with E-state index in [1.54, 1.807) is 11.8 Å². The van der Waals surface area contributed by atoms with Crippen molar-refractivity contribution >= 4 is 22.3 Å². The number of aryl methyl sites for hydroxylation is 2. The van der Waals surface area contributed by atoms with Gasteiger partial charge in [0, 0.05) is 24.9 Å². The minimum atomic E-state index is -1.88. The number of nitrogens with zero attached hydrogens (tertiary/aromatic N) is 3. The van der Waals surface area contributed by atoms with Crippen molar-refractivity contribution in [2.75, 3.05) is 25.6 Å². The number of aromatic nitrogens is 2. The molecule has 0 radical (unpaired) electrons. The average Bonchev–Trinajstić information content (AvgIpc) is 3.48. The summed E-state index contributed by atoms with van der Waals surface area (Å²) in [5.74, 6) is 0.685. The number of hydrogen-bond donors (Lipinski definition) is 1. The third-order valence-electron chi connectivity index (χ3n) is 6.25. The second kappa shape index (κ2) is 7.70. The highest BCUT2D eigenvalue weighted by molar-refractivity contribution is 7.75. The van der Waals surface area contributed by atoms with Crippen molar-refractivity contribution in [3.05, 3.63) is 34.5 Å². The average molecular weight is 430 g/mol. The van der Waals surface area contributed by atoms with Gasteiger partial charge in [0.05, 0.1) is 12.6 Å². The molecule has 5 rings (SSSR count). The van der Waals surface area contributed by atoms with Crippen LogP contribution >= 0.6 is 0 Å². The molecule has 3 aliphatic rings. The molecule has 1 N–H and O–H groups in total. The topological polar surface area (TPSA) is 94.8 Å². The van der Waals surface area contributed by atoms with Crippen molar-refractivity contribution in [3.8, 4) is 5.88 Å². The van der Waals surface area contributed by atoms with Crippen LogP contribution in [0.1, 0.15) is 54.0 Å². The van der Waals surface area contributed by atoms with Crippen molar-refractivity contribution in [1.82, 2.24) is 9.78 Å². The van der Waals surface area contributed by atoms with E-state index in [0.29, 0.717) is 24.0 Å². The monoisotopic (exact) mass is 429 g/mol. The number of amides is 2. The zero-order valence-corrected chi connectivity index (χ0v) is 18.0. The first-order valence-electron chi connectivity index (χ1n) is 10.4. The van der Waals surface area contributed by atoms with E-state index < -0.39 is 16.6 Å². The van der Waals surface area contributed by atoms with Crippen LogP contribution in [0.4, 0.5) is 10.5 Å². The number of anilines is 1. The summed E-state index contributed by atoms with van der Waals surface area (Å²) in [6, 6.07) is 1.77. The van der Waals surface area contributed by atoms with E-state index in [0.717, 1.165) is 43.4 Å². The van der Waals surface area contributed by atoms with E-state index in [1.165, 1.54) is 22.9 Å². The zero-order chi connectivity index (χ0) is 20.8. The van der Waals surface area contributed by atoms with E-state index in [-0.39, 0.29) is 12.0 Å². The SMILES string of the molecule is COC[C@H]1CCc2cc3c(c(NC(=O)N=[S-](=O)c4cnn5c4OC[C@@H]5C)c21)CCC3. The van der Waals surface area contributed by atoms with Gasteiger partial charge in [0.25, 0.3) is 0 Å². The van der Waals surface area contributed by atoms with Gasteiger partial charge in [-0.1, -0.05) is 6.07 Å². The molecule has 1 aromatic heterocycles. The van der Waals surface area contributed by atoms with E-state index in [4.69, 9.17) is 9.47 Å². The molecule has 2 aromatic rings. The Balaban J connectivity index is 1.46. The minimum Gasteiger partial charge on any atom is -0.477 e. The molecule has 160 valence electrons. The molecule has 30 heavy (non-hydrogen) atoms. The van der Waals surface area contributed by atoms with Crippen molar-refractivity contribution in [2.24, 2.45) is 4.36 Å². The first-order chi connectivity index (χ1) is 14.6. The number of hydrogen-bond acceptors (Lipinski definition) is 6. The fourth-order valence-corrected chi connectivity index (χ4v) is 5.65. The van der Waals surface area contributed by atoms with Crippen LogP contribution in [0.2, 0.25) is 0 Å². The Kier molecular flexibility index (Phi) is 5.02. The maximum atomic E-state index is 12.8. The Hall–Kier alpha value is -2.39. The van der Waals surface area contributed by atoms with Crippen molar-refractivity contribution in [2.45, 2.75) is 55.9 Å². The maximum absolute atomic E-state index is 12.8. The van der Waals surface area contributed by atoms with E-state index in [1.807, 2.05) is 6.92 Å². The largest absolute Gasteiger partial charge is 0.477 e. The molecule has 0 unspecified atom stereocenters. The molecule has 2 amide bonds. The lowest BCUT2D eigenvalue weighted by Gasteiger charge is -2.19. The summed E-state index contributed by atoms with van der Waals surface area (Å²) in [4.78, 5) is 13.1. The first kappa shape index (κ1) is 19.6. The molecule has 1 aliphatic heterocycles. The molecule has 2 atom stereocenters. The van der Waals surface area contributed by atoms with Crippen LogP contribution in [0.5, 0.6) is 5.88 Å². The molecule has 2 heterocycles. The number of nitrogens with one attached hydrogen (secondary N) is 1. The smallest absolute Gasteiger partial charge is 0.322 e. The van der Waals surface area contributed by atoms with Gasteiger partial charge in [0.2, 0.25) is 0 Å². The van der Waals surface area contributed by atoms with Gasteiger partial charge >= 0.3 is 6.03 Å². The van der Waals surface area contributed by atoms with Crippen LogP contribution in [0.3, 0.4) is 0 Å². The maximum Gasteiger partial charge on any atom is 0.322 e. The number of benzene rings is 1. The highest BCUT2D eigenvalue weighted by Gasteiger charge is 2.31. The second-order valence-electron chi connectivity index (χ2n) is 8.20. The fraction of sp³-hybridized carbons (Fsp3) is 0.524. The van der Waals surface area contributed by atoms with Gasteiger partial charge in [-0.25, -0.2) is 9.48 Å². The van der Waals surface area contributed by atoms with Gasteiger partial charge in [0.1, 0.15) is 6.61 Å². The van der Waals surface area contributed by atoms with Gasteiger partial charge in [-0.2, -0.15) is 5.10 Å². The number of carbonyl (C=O) groups excluding carboxylic acids is 1. The van der Waals surface area contributed by atoms with Crippen LogP contribution in [0.25, 0.3) is 0 Å². The lowest BCUT2D eigenvalue weighted by molar-refractivity contribution is 0.179. The summed E-state index contributed by atoms with van der Waals surface area (Å²) in [7, 11) is -0.178. The molecular weight excluding hydrogens is 404 g/mol. The molecule has 0 fully saturated rings. The molecular formula is C21H25N4O4S-. The molecule has 2 aliphatic carbocycles.